The normalized spacial score (nSPS) is 17.5. The molecule has 2 aliphatic carbocycles. The van der Waals surface area contributed by atoms with Crippen molar-refractivity contribution in [1.29, 1.82) is 0 Å². The highest BCUT2D eigenvalue weighted by atomic mass is 32.2. The zero-order valence-electron chi connectivity index (χ0n) is 20.5. The van der Waals surface area contributed by atoms with E-state index in [-0.39, 0.29) is 16.8 Å². The van der Waals surface area contributed by atoms with Crippen molar-refractivity contribution >= 4 is 27.6 Å². The van der Waals surface area contributed by atoms with Crippen molar-refractivity contribution in [2.24, 2.45) is 0 Å². The second kappa shape index (κ2) is 11.5. The molecular weight excluding hydrogens is 509 g/mol. The summed E-state index contributed by atoms with van der Waals surface area (Å²) in [6, 6.07) is 14.4. The molecule has 0 heterocycles. The van der Waals surface area contributed by atoms with Crippen LogP contribution in [0.15, 0.2) is 53.4 Å². The predicted molar refractivity (Wildman–Crippen MR) is 133 cm³/mol. The third-order valence-electron chi connectivity index (χ3n) is 6.61. The van der Waals surface area contributed by atoms with Gasteiger partial charge in [0, 0.05) is 11.7 Å². The number of carboxylic acid groups (broad SMARTS) is 1. The molecule has 0 bridgehead atoms. The molecule has 2 aromatic carbocycles. The molecule has 2 saturated carbocycles. The Hall–Kier alpha value is -3.08. The summed E-state index contributed by atoms with van der Waals surface area (Å²) in [5.74, 6) is -2.63. The van der Waals surface area contributed by atoms with Crippen LogP contribution < -0.4 is 10.0 Å². The molecule has 37 heavy (non-hydrogen) atoms. The van der Waals surface area contributed by atoms with Crippen LogP contribution in [0.1, 0.15) is 62.5 Å². The van der Waals surface area contributed by atoms with Crippen LogP contribution in [-0.2, 0) is 25.0 Å². The van der Waals surface area contributed by atoms with E-state index < -0.39 is 27.6 Å². The molecule has 7 nitrogen and oxygen atoms in total. The van der Waals surface area contributed by atoms with E-state index in [2.05, 4.69) is 10.0 Å². The number of halogens is 3. The minimum Gasteiger partial charge on any atom is -0.475 e. The number of carbonyl (C=O) groups is 2. The summed E-state index contributed by atoms with van der Waals surface area (Å²) in [4.78, 5) is 22.2. The predicted octanol–water partition coefficient (Wildman–Crippen LogP) is 5.30. The highest BCUT2D eigenvalue weighted by molar-refractivity contribution is 7.92. The summed E-state index contributed by atoms with van der Waals surface area (Å²) < 4.78 is 59.6. The third-order valence-corrected chi connectivity index (χ3v) is 7.99. The van der Waals surface area contributed by atoms with Crippen molar-refractivity contribution in [2.45, 2.75) is 80.8 Å². The second-order valence-corrected chi connectivity index (χ2v) is 11.2. The number of anilines is 1. The Balaban J connectivity index is 0.000000479. The zero-order valence-corrected chi connectivity index (χ0v) is 21.3. The van der Waals surface area contributed by atoms with Crippen LogP contribution in [0.3, 0.4) is 0 Å². The van der Waals surface area contributed by atoms with E-state index in [4.69, 9.17) is 9.90 Å². The topological polar surface area (TPSA) is 113 Å². The lowest BCUT2D eigenvalue weighted by molar-refractivity contribution is -0.192. The van der Waals surface area contributed by atoms with Gasteiger partial charge in [-0.05, 0) is 68.0 Å². The van der Waals surface area contributed by atoms with E-state index in [1.165, 1.54) is 25.7 Å². The maximum Gasteiger partial charge on any atom is 0.490 e. The van der Waals surface area contributed by atoms with E-state index >= 15 is 0 Å². The molecule has 3 N–H and O–H groups in total. The minimum absolute atomic E-state index is 0.127. The number of benzene rings is 2. The molecule has 0 saturated heterocycles. The average Bonchev–Trinajstić information content (AvgIpc) is 3.65. The standard InChI is InChI=1S/C24H30N2O3S.C2HF3O2/c1-18-7-6-10-22(17-18)30(28,29)26-21-13-11-19(12-14-21)24(15-16-24)23(27)25-20-8-4-2-3-5-9-20;3-2(4,5)1(6)7/h6-7,10-14,17,20,26H,2-5,8-9,15-16H2,1H3,(H,25,27);(H,6,7). The van der Waals surface area contributed by atoms with Gasteiger partial charge in [0.15, 0.2) is 0 Å². The minimum atomic E-state index is -5.08. The molecule has 2 aliphatic rings. The number of alkyl halides is 3. The highest BCUT2D eigenvalue weighted by Gasteiger charge is 2.51. The molecule has 202 valence electrons. The summed E-state index contributed by atoms with van der Waals surface area (Å²) >= 11 is 0. The molecule has 0 radical (unpaired) electrons. The van der Waals surface area contributed by atoms with Gasteiger partial charge >= 0.3 is 12.1 Å². The van der Waals surface area contributed by atoms with E-state index in [1.807, 2.05) is 25.1 Å². The lowest BCUT2D eigenvalue weighted by Crippen LogP contribution is -2.41. The van der Waals surface area contributed by atoms with Crippen molar-refractivity contribution in [2.75, 3.05) is 4.72 Å². The van der Waals surface area contributed by atoms with Crippen LogP contribution in [0.5, 0.6) is 0 Å². The fourth-order valence-corrected chi connectivity index (χ4v) is 5.54. The maximum atomic E-state index is 13.0. The molecule has 0 unspecified atom stereocenters. The van der Waals surface area contributed by atoms with Crippen LogP contribution in [-0.4, -0.2) is 37.6 Å². The maximum absolute atomic E-state index is 13.0. The Bertz CT molecular complexity index is 1200. The van der Waals surface area contributed by atoms with E-state index in [1.54, 1.807) is 30.3 Å². The van der Waals surface area contributed by atoms with Gasteiger partial charge in [0.1, 0.15) is 0 Å². The van der Waals surface area contributed by atoms with Crippen molar-refractivity contribution in [3.05, 3.63) is 59.7 Å². The molecule has 2 aromatic rings. The van der Waals surface area contributed by atoms with Crippen LogP contribution in [0.25, 0.3) is 0 Å². The monoisotopic (exact) mass is 540 g/mol. The smallest absolute Gasteiger partial charge is 0.475 e. The number of hydrogen-bond acceptors (Lipinski definition) is 4. The SMILES string of the molecule is Cc1cccc(S(=O)(=O)Nc2ccc(C3(C(=O)NC4CCCCCC4)CC3)cc2)c1.O=C(O)C(F)(F)F. The Kier molecular flexibility index (Phi) is 8.88. The molecule has 2 fully saturated rings. The fraction of sp³-hybridized carbons (Fsp3) is 0.462. The largest absolute Gasteiger partial charge is 0.490 e. The van der Waals surface area contributed by atoms with Crippen molar-refractivity contribution < 1.29 is 36.3 Å². The van der Waals surface area contributed by atoms with Gasteiger partial charge < -0.3 is 10.4 Å². The second-order valence-electron chi connectivity index (χ2n) is 9.55. The van der Waals surface area contributed by atoms with Crippen LogP contribution in [0.4, 0.5) is 18.9 Å². The quantitative estimate of drug-likeness (QED) is 0.431. The fourth-order valence-electron chi connectivity index (χ4n) is 4.37. The zero-order chi connectivity index (χ0) is 27.3. The number of rotatable bonds is 6. The lowest BCUT2D eigenvalue weighted by Gasteiger charge is -2.22. The Morgan fingerprint density at radius 1 is 0.973 bits per heavy atom. The van der Waals surface area contributed by atoms with Gasteiger partial charge in [-0.25, -0.2) is 13.2 Å². The van der Waals surface area contributed by atoms with E-state index in [0.717, 1.165) is 36.8 Å². The number of aryl methyl sites for hydroxylation is 1. The van der Waals surface area contributed by atoms with Crippen LogP contribution >= 0.6 is 0 Å². The Morgan fingerprint density at radius 2 is 1.54 bits per heavy atom. The Morgan fingerprint density at radius 3 is 2.03 bits per heavy atom. The van der Waals surface area contributed by atoms with Gasteiger partial charge in [0.2, 0.25) is 5.91 Å². The van der Waals surface area contributed by atoms with Crippen LogP contribution in [0, 0.1) is 6.92 Å². The van der Waals surface area contributed by atoms with Crippen molar-refractivity contribution in [3.63, 3.8) is 0 Å². The summed E-state index contributed by atoms with van der Waals surface area (Å²) in [6.07, 6.45) is 3.65. The lowest BCUT2D eigenvalue weighted by atomic mass is 9.94. The van der Waals surface area contributed by atoms with Gasteiger partial charge in [0.05, 0.1) is 10.3 Å². The molecule has 4 rings (SSSR count). The first-order chi connectivity index (χ1) is 17.3. The molecule has 1 amide bonds. The highest BCUT2D eigenvalue weighted by Crippen LogP contribution is 2.49. The summed E-state index contributed by atoms with van der Waals surface area (Å²) in [6.45, 7) is 1.86. The van der Waals surface area contributed by atoms with Gasteiger partial charge in [-0.1, -0.05) is 49.9 Å². The van der Waals surface area contributed by atoms with E-state index in [0.29, 0.717) is 5.69 Å². The number of amides is 1. The number of carboxylic acids is 1. The van der Waals surface area contributed by atoms with Gasteiger partial charge in [-0.15, -0.1) is 0 Å². The number of aliphatic carboxylic acids is 1. The molecule has 11 heteroatoms. The number of carbonyl (C=O) groups excluding carboxylic acids is 1. The average molecular weight is 541 g/mol. The van der Waals surface area contributed by atoms with Crippen molar-refractivity contribution in [3.8, 4) is 0 Å². The van der Waals surface area contributed by atoms with Gasteiger partial charge in [0.25, 0.3) is 10.0 Å². The summed E-state index contributed by atoms with van der Waals surface area (Å²) in [5.41, 5.74) is 1.91. The molecule has 0 aromatic heterocycles. The number of sulfonamides is 1. The third kappa shape index (κ3) is 7.70. The molecule has 0 spiro atoms. The molecule has 0 aliphatic heterocycles. The van der Waals surface area contributed by atoms with Crippen LogP contribution in [0.2, 0.25) is 0 Å². The van der Waals surface area contributed by atoms with Gasteiger partial charge in [-0.2, -0.15) is 13.2 Å². The molecule has 0 atom stereocenters. The number of nitrogens with one attached hydrogen (secondary N) is 2. The first-order valence-corrected chi connectivity index (χ1v) is 13.6. The Labute approximate surface area is 214 Å². The van der Waals surface area contributed by atoms with Gasteiger partial charge in [-0.3, -0.25) is 9.52 Å². The first-order valence-electron chi connectivity index (χ1n) is 12.1. The summed E-state index contributed by atoms with van der Waals surface area (Å²) in [5, 5.41) is 10.4. The molecular formula is C26H31F3N2O5S. The van der Waals surface area contributed by atoms with Crippen molar-refractivity contribution in [1.82, 2.24) is 5.32 Å². The van der Waals surface area contributed by atoms with E-state index in [9.17, 15) is 26.4 Å². The summed E-state index contributed by atoms with van der Waals surface area (Å²) in [7, 11) is -3.64. The first kappa shape index (κ1) is 28.5. The number of hydrogen-bond donors (Lipinski definition) is 3.